The van der Waals surface area contributed by atoms with Crippen LogP contribution in [0.15, 0.2) is 48.5 Å². The monoisotopic (exact) mass is 447 g/mol. The molecule has 0 aliphatic carbocycles. The fourth-order valence-corrected chi connectivity index (χ4v) is 3.63. The number of amides is 1. The number of ether oxygens (including phenoxy) is 1. The maximum absolute atomic E-state index is 13.1. The van der Waals surface area contributed by atoms with Gasteiger partial charge in [-0.25, -0.2) is 4.79 Å². The second-order valence-corrected chi connectivity index (χ2v) is 7.30. The van der Waals surface area contributed by atoms with E-state index in [1.807, 2.05) is 0 Å². The average molecular weight is 447 g/mol. The van der Waals surface area contributed by atoms with Crippen molar-refractivity contribution in [1.29, 1.82) is 0 Å². The minimum absolute atomic E-state index is 0.0711. The molecule has 1 aliphatic rings. The van der Waals surface area contributed by atoms with Crippen LogP contribution in [-0.2, 0) is 23.7 Å². The molecule has 10 heteroatoms. The number of halogens is 6. The van der Waals surface area contributed by atoms with E-state index in [1.165, 1.54) is 4.90 Å². The van der Waals surface area contributed by atoms with Crippen molar-refractivity contribution < 1.29 is 41.0 Å². The number of rotatable bonds is 4. The molecule has 3 rings (SSSR count). The van der Waals surface area contributed by atoms with Gasteiger partial charge >= 0.3 is 18.4 Å². The number of carbonyl (C=O) groups is 1. The zero-order chi connectivity index (χ0) is 22.8. The average Bonchev–Trinajstić information content (AvgIpc) is 2.71. The van der Waals surface area contributed by atoms with E-state index in [4.69, 9.17) is 4.74 Å². The minimum atomic E-state index is -4.94. The van der Waals surface area contributed by atoms with E-state index in [9.17, 15) is 36.2 Å². The number of likely N-dealkylation sites (tertiary alicyclic amines) is 1. The molecule has 168 valence electrons. The summed E-state index contributed by atoms with van der Waals surface area (Å²) in [5, 5.41) is 9.28. The molecular formula is C21H19F6NO3. The standard InChI is InChI=1S/C21H19F6NO3/c22-20(23,24)15-8-13(9-16(10-15)21(25,26)27)12-31-18-6-7-28(19(29)30)11-17(18)14-4-2-1-3-5-14/h1-5,8-10,17-18H,6-7,11-12H2,(H,29,30)/t17-,18-/m0/s1. The van der Waals surface area contributed by atoms with Crippen molar-refractivity contribution in [3.8, 4) is 0 Å². The van der Waals surface area contributed by atoms with E-state index in [0.717, 1.165) is 5.56 Å². The Morgan fingerprint density at radius 3 is 2.10 bits per heavy atom. The van der Waals surface area contributed by atoms with Gasteiger partial charge < -0.3 is 14.7 Å². The topological polar surface area (TPSA) is 49.8 Å². The maximum atomic E-state index is 13.1. The van der Waals surface area contributed by atoms with Crippen LogP contribution in [0, 0.1) is 0 Å². The number of alkyl halides is 6. The molecule has 31 heavy (non-hydrogen) atoms. The molecule has 0 saturated carbocycles. The molecule has 4 nitrogen and oxygen atoms in total. The highest BCUT2D eigenvalue weighted by atomic mass is 19.4. The van der Waals surface area contributed by atoms with Crippen LogP contribution in [0.1, 0.15) is 34.6 Å². The Morgan fingerprint density at radius 2 is 1.58 bits per heavy atom. The molecule has 1 N–H and O–H groups in total. The molecule has 1 aliphatic heterocycles. The Balaban J connectivity index is 1.84. The van der Waals surface area contributed by atoms with Gasteiger partial charge in [0.1, 0.15) is 0 Å². The second-order valence-electron chi connectivity index (χ2n) is 7.30. The first-order valence-electron chi connectivity index (χ1n) is 9.38. The lowest BCUT2D eigenvalue weighted by Gasteiger charge is -2.37. The van der Waals surface area contributed by atoms with E-state index in [1.54, 1.807) is 30.3 Å². The zero-order valence-corrected chi connectivity index (χ0v) is 16.1. The molecular weight excluding hydrogens is 428 g/mol. The van der Waals surface area contributed by atoms with E-state index in [0.29, 0.717) is 12.1 Å². The fourth-order valence-electron chi connectivity index (χ4n) is 3.63. The van der Waals surface area contributed by atoms with Crippen LogP contribution >= 0.6 is 0 Å². The molecule has 0 radical (unpaired) electrons. The summed E-state index contributed by atoms with van der Waals surface area (Å²) in [6, 6.07) is 10.2. The van der Waals surface area contributed by atoms with Crippen LogP contribution in [0.4, 0.5) is 31.1 Å². The Labute approximate surface area is 174 Å². The van der Waals surface area contributed by atoms with Gasteiger partial charge in [0.25, 0.3) is 0 Å². The summed E-state index contributed by atoms with van der Waals surface area (Å²) in [6.07, 6.45) is -11.3. The highest BCUT2D eigenvalue weighted by molar-refractivity contribution is 5.65. The van der Waals surface area contributed by atoms with Crippen molar-refractivity contribution in [3.05, 3.63) is 70.8 Å². The molecule has 0 unspecified atom stereocenters. The third-order valence-corrected chi connectivity index (χ3v) is 5.16. The van der Waals surface area contributed by atoms with Gasteiger partial charge in [-0.3, -0.25) is 0 Å². The zero-order valence-electron chi connectivity index (χ0n) is 16.1. The Morgan fingerprint density at radius 1 is 1.00 bits per heavy atom. The fraction of sp³-hybridized carbons (Fsp3) is 0.381. The smallest absolute Gasteiger partial charge is 0.416 e. The van der Waals surface area contributed by atoms with Gasteiger partial charge in [-0.1, -0.05) is 30.3 Å². The van der Waals surface area contributed by atoms with E-state index in [2.05, 4.69) is 0 Å². The molecule has 2 aromatic carbocycles. The van der Waals surface area contributed by atoms with Gasteiger partial charge in [0.05, 0.1) is 23.8 Å². The predicted octanol–water partition coefficient (Wildman–Crippen LogP) is 5.78. The maximum Gasteiger partial charge on any atom is 0.416 e. The van der Waals surface area contributed by atoms with E-state index < -0.39 is 48.2 Å². The molecule has 1 saturated heterocycles. The first kappa shape index (κ1) is 22.9. The van der Waals surface area contributed by atoms with Gasteiger partial charge in [-0.15, -0.1) is 0 Å². The SMILES string of the molecule is O=C(O)N1CC[C@H](OCc2cc(C(F)(F)F)cc(C(F)(F)F)c2)[C@H](c2ccccc2)C1. The van der Waals surface area contributed by atoms with Crippen LogP contribution in [-0.4, -0.2) is 35.3 Å². The summed E-state index contributed by atoms with van der Waals surface area (Å²) in [7, 11) is 0. The molecule has 0 spiro atoms. The number of nitrogens with zero attached hydrogens (tertiary/aromatic N) is 1. The second kappa shape index (κ2) is 8.78. The number of piperidine rings is 1. The first-order valence-corrected chi connectivity index (χ1v) is 9.38. The molecule has 0 aromatic heterocycles. The normalized spacial score (nSPS) is 20.0. The summed E-state index contributed by atoms with van der Waals surface area (Å²) >= 11 is 0. The van der Waals surface area contributed by atoms with Crippen LogP contribution in [0.25, 0.3) is 0 Å². The van der Waals surface area contributed by atoms with Crippen molar-refractivity contribution >= 4 is 6.09 Å². The van der Waals surface area contributed by atoms with Crippen molar-refractivity contribution in [3.63, 3.8) is 0 Å². The quantitative estimate of drug-likeness (QED) is 0.605. The van der Waals surface area contributed by atoms with Gasteiger partial charge in [-0.2, -0.15) is 26.3 Å². The molecule has 2 atom stereocenters. The summed E-state index contributed by atoms with van der Waals surface area (Å²) in [4.78, 5) is 12.6. The number of carboxylic acid groups (broad SMARTS) is 1. The van der Waals surface area contributed by atoms with Crippen LogP contribution in [0.3, 0.4) is 0 Å². The van der Waals surface area contributed by atoms with Crippen LogP contribution < -0.4 is 0 Å². The van der Waals surface area contributed by atoms with E-state index >= 15 is 0 Å². The highest BCUT2D eigenvalue weighted by Crippen LogP contribution is 2.37. The molecule has 1 fully saturated rings. The summed E-state index contributed by atoms with van der Waals surface area (Å²) in [6.45, 7) is -0.200. The summed E-state index contributed by atoms with van der Waals surface area (Å²) in [5.74, 6) is -0.404. The molecule has 1 heterocycles. The van der Waals surface area contributed by atoms with Crippen molar-refractivity contribution in [1.82, 2.24) is 4.90 Å². The molecule has 1 amide bonds. The highest BCUT2D eigenvalue weighted by Gasteiger charge is 2.37. The first-order chi connectivity index (χ1) is 14.4. The van der Waals surface area contributed by atoms with Crippen molar-refractivity contribution in [2.75, 3.05) is 13.1 Å². The predicted molar refractivity (Wildman–Crippen MR) is 98.4 cm³/mol. The minimum Gasteiger partial charge on any atom is -0.465 e. The summed E-state index contributed by atoms with van der Waals surface area (Å²) < 4.78 is 84.1. The number of hydrogen-bond acceptors (Lipinski definition) is 2. The molecule has 2 aromatic rings. The Bertz CT molecular complexity index is 881. The number of benzene rings is 2. The Kier molecular flexibility index (Phi) is 6.49. The van der Waals surface area contributed by atoms with Gasteiger partial charge in [-0.05, 0) is 35.7 Å². The van der Waals surface area contributed by atoms with Gasteiger partial charge in [0.15, 0.2) is 0 Å². The third-order valence-electron chi connectivity index (χ3n) is 5.16. The lowest BCUT2D eigenvalue weighted by molar-refractivity contribution is -0.143. The van der Waals surface area contributed by atoms with Gasteiger partial charge in [0.2, 0.25) is 0 Å². The van der Waals surface area contributed by atoms with Crippen molar-refractivity contribution in [2.45, 2.75) is 37.4 Å². The molecule has 0 bridgehead atoms. The lowest BCUT2D eigenvalue weighted by atomic mass is 9.88. The van der Waals surface area contributed by atoms with E-state index in [-0.39, 0.29) is 31.1 Å². The third kappa shape index (κ3) is 5.69. The largest absolute Gasteiger partial charge is 0.465 e. The van der Waals surface area contributed by atoms with Crippen LogP contribution in [0.2, 0.25) is 0 Å². The number of hydrogen-bond donors (Lipinski definition) is 1. The van der Waals surface area contributed by atoms with Crippen LogP contribution in [0.5, 0.6) is 0 Å². The van der Waals surface area contributed by atoms with Crippen molar-refractivity contribution in [2.24, 2.45) is 0 Å². The summed E-state index contributed by atoms with van der Waals surface area (Å²) in [5.41, 5.74) is -2.28. The Hall–Kier alpha value is -2.75. The lowest BCUT2D eigenvalue weighted by Crippen LogP contribution is -2.45. The van der Waals surface area contributed by atoms with Gasteiger partial charge in [0, 0.05) is 19.0 Å².